The third-order valence-electron chi connectivity index (χ3n) is 8.12. The molecule has 0 aliphatic heterocycles. The fourth-order valence-corrected chi connectivity index (χ4v) is 6.40. The molecule has 14 nitrogen and oxygen atoms in total. The van der Waals surface area contributed by atoms with Gasteiger partial charge in [-0.15, -0.1) is 0 Å². The number of nitrogens with two attached hydrogens (primary N) is 1. The molecule has 0 saturated carbocycles. The lowest BCUT2D eigenvalue weighted by atomic mass is 9.58. The van der Waals surface area contributed by atoms with E-state index in [0.717, 1.165) is 0 Å². The number of likely N-dealkylation sites (N-methyl/N-ethyl adjacent to an activating group) is 1. The number of ketones is 2. The maximum atomic E-state index is 14.1. The van der Waals surface area contributed by atoms with Gasteiger partial charge in [-0.2, -0.15) is 5.06 Å². The van der Waals surface area contributed by atoms with E-state index in [-0.39, 0.29) is 36.3 Å². The molecule has 226 valence electrons. The Bertz CT molecular complexity index is 1460. The Morgan fingerprint density at radius 3 is 2.31 bits per heavy atom. The number of phenols is 1. The summed E-state index contributed by atoms with van der Waals surface area (Å²) in [6.45, 7) is 1.56. The van der Waals surface area contributed by atoms with Crippen molar-refractivity contribution in [1.82, 2.24) is 4.90 Å². The largest absolute Gasteiger partial charge is 0.510 e. The second-order valence-corrected chi connectivity index (χ2v) is 11.0. The van der Waals surface area contributed by atoms with E-state index in [1.807, 2.05) is 0 Å². The van der Waals surface area contributed by atoms with Crippen LogP contribution in [0.5, 0.6) is 5.75 Å². The Morgan fingerprint density at radius 2 is 1.79 bits per heavy atom. The van der Waals surface area contributed by atoms with E-state index in [2.05, 4.69) is 0 Å². The lowest BCUT2D eigenvalue weighted by molar-refractivity contribution is -0.148. The number of aliphatic hydroxyl groups is 3. The van der Waals surface area contributed by atoms with E-state index < -0.39 is 76.1 Å². The van der Waals surface area contributed by atoms with Gasteiger partial charge >= 0.3 is 0 Å². The lowest BCUT2D eigenvalue weighted by Crippen LogP contribution is -2.63. The zero-order chi connectivity index (χ0) is 31.4. The first-order valence-corrected chi connectivity index (χ1v) is 13.2. The van der Waals surface area contributed by atoms with Crippen molar-refractivity contribution in [2.24, 2.45) is 17.6 Å². The van der Waals surface area contributed by atoms with E-state index in [1.54, 1.807) is 40.0 Å². The average molecular weight is 587 g/mol. The van der Waals surface area contributed by atoms with Crippen LogP contribution in [-0.4, -0.2) is 101 Å². The summed E-state index contributed by atoms with van der Waals surface area (Å²) in [4.78, 5) is 72.0. The molecule has 3 aliphatic carbocycles. The lowest BCUT2D eigenvalue weighted by Gasteiger charge is -2.50. The number of allylic oxidation sites excluding steroid dienone is 1. The van der Waals surface area contributed by atoms with Gasteiger partial charge in [0.2, 0.25) is 5.78 Å². The molecule has 1 aromatic carbocycles. The van der Waals surface area contributed by atoms with Crippen LogP contribution in [-0.2, 0) is 30.4 Å². The quantitative estimate of drug-likeness (QED) is 0.118. The van der Waals surface area contributed by atoms with E-state index >= 15 is 0 Å². The molecule has 14 heteroatoms. The number of nitrogens with zero attached hydrogens (tertiary/aromatic N) is 3. The standard InChI is InChI=1S/C28H34N4O10/c1-6-42-32(17(34)7-8-33)16-11-15(30(2)3)13-9-12-10-14-21(31(4)5)24(37)20(27(29)40)26(39)28(14,41)25(38)18(12)23(36)19(13)22(16)35/h8,11-12,14,21,35,37-38,41H,6-7,9-10H2,1-5H3,(H2,29,40)/t12?,14?,21-,28?/m0/s1. The summed E-state index contributed by atoms with van der Waals surface area (Å²) in [6, 6.07) is 0.330. The summed E-state index contributed by atoms with van der Waals surface area (Å²) in [5.41, 5.74) is 1.63. The first-order valence-electron chi connectivity index (χ1n) is 13.2. The number of carbonyl (C=O) groups is 5. The smallest absolute Gasteiger partial charge is 0.258 e. The predicted molar refractivity (Wildman–Crippen MR) is 148 cm³/mol. The average Bonchev–Trinajstić information content (AvgIpc) is 2.89. The highest BCUT2D eigenvalue weighted by molar-refractivity contribution is 6.25. The number of amides is 2. The topological polar surface area (TPSA) is 211 Å². The number of hydrogen-bond donors (Lipinski definition) is 5. The Hall–Kier alpha value is -4.27. The Kier molecular flexibility index (Phi) is 7.93. The second-order valence-electron chi connectivity index (χ2n) is 11.0. The van der Waals surface area contributed by atoms with Gasteiger partial charge in [-0.25, -0.2) is 0 Å². The van der Waals surface area contributed by atoms with Gasteiger partial charge in [0.1, 0.15) is 29.1 Å². The number of phenolic OH excluding ortho intramolecular Hbond substituents is 1. The summed E-state index contributed by atoms with van der Waals surface area (Å²) < 4.78 is 0. The molecule has 0 aromatic heterocycles. The summed E-state index contributed by atoms with van der Waals surface area (Å²) in [6.07, 6.45) is -0.206. The summed E-state index contributed by atoms with van der Waals surface area (Å²) in [7, 11) is 6.45. The van der Waals surface area contributed by atoms with Gasteiger partial charge in [0, 0.05) is 31.3 Å². The van der Waals surface area contributed by atoms with Crippen molar-refractivity contribution < 1.29 is 49.2 Å². The zero-order valence-corrected chi connectivity index (χ0v) is 23.9. The molecule has 0 bridgehead atoms. The van der Waals surface area contributed by atoms with Crippen molar-refractivity contribution in [1.29, 1.82) is 0 Å². The number of rotatable bonds is 8. The second kappa shape index (κ2) is 10.9. The molecule has 3 aliphatic rings. The Balaban J connectivity index is 1.99. The number of aliphatic hydroxyl groups excluding tert-OH is 2. The van der Waals surface area contributed by atoms with Crippen molar-refractivity contribution in [2.75, 3.05) is 44.8 Å². The van der Waals surface area contributed by atoms with E-state index in [0.29, 0.717) is 22.6 Å². The number of fused-ring (bicyclic) bond motifs is 3. The molecule has 0 spiro atoms. The number of aldehydes is 1. The van der Waals surface area contributed by atoms with Crippen molar-refractivity contribution in [3.63, 3.8) is 0 Å². The molecule has 0 saturated heterocycles. The minimum Gasteiger partial charge on any atom is -0.510 e. The monoisotopic (exact) mass is 586 g/mol. The predicted octanol–water partition coefficient (Wildman–Crippen LogP) is 0.0601. The van der Waals surface area contributed by atoms with E-state index in [9.17, 15) is 44.4 Å². The van der Waals surface area contributed by atoms with Crippen LogP contribution in [0.4, 0.5) is 11.4 Å². The maximum Gasteiger partial charge on any atom is 0.258 e. The normalized spacial score (nSPS) is 25.2. The third-order valence-corrected chi connectivity index (χ3v) is 8.12. The van der Waals surface area contributed by atoms with Gasteiger partial charge < -0.3 is 35.9 Å². The van der Waals surface area contributed by atoms with Crippen LogP contribution in [0, 0.1) is 11.8 Å². The summed E-state index contributed by atoms with van der Waals surface area (Å²) >= 11 is 0. The summed E-state index contributed by atoms with van der Waals surface area (Å²) in [5, 5.41) is 46.2. The number of carbonyl (C=O) groups excluding carboxylic acids is 5. The molecule has 4 rings (SSSR count). The van der Waals surface area contributed by atoms with Crippen LogP contribution >= 0.6 is 0 Å². The highest BCUT2D eigenvalue weighted by atomic mass is 16.7. The van der Waals surface area contributed by atoms with Crippen molar-refractivity contribution in [3.8, 4) is 5.75 Å². The van der Waals surface area contributed by atoms with Crippen LogP contribution < -0.4 is 15.7 Å². The van der Waals surface area contributed by atoms with Gasteiger partial charge in [-0.3, -0.25) is 28.9 Å². The van der Waals surface area contributed by atoms with E-state index in [1.165, 1.54) is 11.0 Å². The maximum absolute atomic E-state index is 14.1. The number of Topliss-reactive ketones (excluding diaryl/α,β-unsaturated/α-hetero) is 2. The first-order chi connectivity index (χ1) is 19.6. The van der Waals surface area contributed by atoms with Crippen LogP contribution in [0.3, 0.4) is 0 Å². The van der Waals surface area contributed by atoms with Crippen LogP contribution in [0.1, 0.15) is 35.7 Å². The van der Waals surface area contributed by atoms with Gasteiger partial charge in [0.25, 0.3) is 11.8 Å². The molecule has 6 N–H and O–H groups in total. The van der Waals surface area contributed by atoms with Crippen LogP contribution in [0.15, 0.2) is 28.7 Å². The SMILES string of the molecule is CCON(C(=O)CC=O)c1cc(N(C)C)c2c(c1O)C(=O)C1=C(O)C3(O)C(=O)C(C(N)=O)=C(O)[C@@H](N(C)C)C3CC1C2. The van der Waals surface area contributed by atoms with Crippen LogP contribution in [0.2, 0.25) is 0 Å². The molecule has 3 unspecified atom stereocenters. The molecule has 2 amide bonds. The van der Waals surface area contributed by atoms with Crippen molar-refractivity contribution in [2.45, 2.75) is 37.8 Å². The molecule has 4 atom stereocenters. The molecule has 1 aromatic rings. The third kappa shape index (κ3) is 4.33. The minimum absolute atomic E-state index is 0.0213. The number of hydrogen-bond acceptors (Lipinski definition) is 12. The van der Waals surface area contributed by atoms with Gasteiger partial charge in [-0.1, -0.05) is 0 Å². The number of hydroxylamine groups is 1. The van der Waals surface area contributed by atoms with Gasteiger partial charge in [0.05, 0.1) is 24.6 Å². The highest BCUT2D eigenvalue weighted by Crippen LogP contribution is 2.54. The van der Waals surface area contributed by atoms with Crippen molar-refractivity contribution in [3.05, 3.63) is 39.9 Å². The molecule has 0 fully saturated rings. The molecular formula is C28H34N4O10. The van der Waals surface area contributed by atoms with Gasteiger partial charge in [0.15, 0.2) is 17.1 Å². The number of primary amides is 1. The number of anilines is 2. The van der Waals surface area contributed by atoms with Gasteiger partial charge in [-0.05, 0) is 51.4 Å². The number of aromatic hydroxyl groups is 1. The molecule has 0 heterocycles. The minimum atomic E-state index is -2.78. The fraction of sp³-hybridized carbons (Fsp3) is 0.464. The van der Waals surface area contributed by atoms with Crippen molar-refractivity contribution >= 4 is 41.0 Å². The Morgan fingerprint density at radius 1 is 1.14 bits per heavy atom. The summed E-state index contributed by atoms with van der Waals surface area (Å²) in [5.74, 6) is -8.63. The van der Waals surface area contributed by atoms with Crippen LogP contribution in [0.25, 0.3) is 0 Å². The zero-order valence-electron chi connectivity index (χ0n) is 23.9. The fourth-order valence-electron chi connectivity index (χ4n) is 6.40. The number of benzene rings is 1. The molecular weight excluding hydrogens is 552 g/mol. The first kappa shape index (κ1) is 30.7. The molecule has 42 heavy (non-hydrogen) atoms. The Labute approximate surface area is 241 Å². The van der Waals surface area contributed by atoms with E-state index in [4.69, 9.17) is 10.6 Å². The highest BCUT2D eigenvalue weighted by Gasteiger charge is 2.63. The molecule has 0 radical (unpaired) electrons.